The number of nitrogens with zero attached hydrogens (tertiary/aromatic N) is 1. The first-order chi connectivity index (χ1) is 9.45. The van der Waals surface area contributed by atoms with Gasteiger partial charge in [0.2, 0.25) is 0 Å². The predicted octanol–water partition coefficient (Wildman–Crippen LogP) is 2.45. The van der Waals surface area contributed by atoms with E-state index in [1.807, 2.05) is 30.3 Å². The van der Waals surface area contributed by atoms with Crippen molar-refractivity contribution in [1.82, 2.24) is 4.90 Å². The minimum atomic E-state index is -0.487. The molecule has 1 heterocycles. The number of hydrogen-bond donors (Lipinski definition) is 2. The molecule has 1 aliphatic heterocycles. The van der Waals surface area contributed by atoms with E-state index in [2.05, 4.69) is 25.7 Å². The summed E-state index contributed by atoms with van der Waals surface area (Å²) >= 11 is 0. The molecule has 1 aromatic carbocycles. The maximum atomic E-state index is 10.6. The molecule has 3 atom stereocenters. The van der Waals surface area contributed by atoms with Crippen molar-refractivity contribution in [3.05, 3.63) is 35.9 Å². The van der Waals surface area contributed by atoms with Gasteiger partial charge in [-0.1, -0.05) is 51.1 Å². The molecule has 0 bridgehead atoms. The largest absolute Gasteiger partial charge is 0.395 e. The summed E-state index contributed by atoms with van der Waals surface area (Å²) in [6.45, 7) is 8.42. The summed E-state index contributed by atoms with van der Waals surface area (Å²) < 4.78 is 0. The molecule has 0 amide bonds. The van der Waals surface area contributed by atoms with Crippen molar-refractivity contribution in [1.29, 1.82) is 0 Å². The normalized spacial score (nSPS) is 25.9. The molecule has 1 aliphatic rings. The third-order valence-electron chi connectivity index (χ3n) is 4.65. The van der Waals surface area contributed by atoms with E-state index in [9.17, 15) is 10.2 Å². The average molecular weight is 277 g/mol. The fraction of sp³-hybridized carbons (Fsp3) is 0.647. The molecule has 1 aromatic rings. The Bertz CT molecular complexity index is 418. The van der Waals surface area contributed by atoms with Gasteiger partial charge in [0.25, 0.3) is 0 Å². The monoisotopic (exact) mass is 277 g/mol. The minimum Gasteiger partial charge on any atom is -0.395 e. The molecule has 2 N–H and O–H groups in total. The van der Waals surface area contributed by atoms with Gasteiger partial charge in [-0.05, 0) is 24.4 Å². The molecule has 0 saturated carbocycles. The highest BCUT2D eigenvalue weighted by molar-refractivity contribution is 5.19. The zero-order valence-corrected chi connectivity index (χ0v) is 12.8. The topological polar surface area (TPSA) is 43.7 Å². The molecule has 0 aromatic heterocycles. The Kier molecular flexibility index (Phi) is 4.84. The molecule has 3 unspecified atom stereocenters. The van der Waals surface area contributed by atoms with Gasteiger partial charge in [-0.25, -0.2) is 0 Å². The van der Waals surface area contributed by atoms with E-state index >= 15 is 0 Å². The van der Waals surface area contributed by atoms with Crippen LogP contribution in [0.2, 0.25) is 0 Å². The fourth-order valence-corrected chi connectivity index (χ4v) is 3.28. The van der Waals surface area contributed by atoms with Crippen LogP contribution in [0.3, 0.4) is 0 Å². The highest BCUT2D eigenvalue weighted by Crippen LogP contribution is 2.36. The van der Waals surface area contributed by atoms with Crippen molar-refractivity contribution in [3.8, 4) is 0 Å². The Morgan fingerprint density at radius 1 is 1.30 bits per heavy atom. The van der Waals surface area contributed by atoms with Crippen LogP contribution in [0.1, 0.15) is 38.9 Å². The van der Waals surface area contributed by atoms with Gasteiger partial charge < -0.3 is 10.2 Å². The molecule has 20 heavy (non-hydrogen) atoms. The summed E-state index contributed by atoms with van der Waals surface area (Å²) in [5.41, 5.74) is 0.726. The lowest BCUT2D eigenvalue weighted by atomic mass is 9.82. The van der Waals surface area contributed by atoms with Gasteiger partial charge in [0.15, 0.2) is 0 Å². The molecule has 3 nitrogen and oxygen atoms in total. The molecular weight excluding hydrogens is 250 g/mol. The van der Waals surface area contributed by atoms with Gasteiger partial charge in [-0.3, -0.25) is 4.90 Å². The average Bonchev–Trinajstić information content (AvgIpc) is 2.78. The number of aliphatic hydroxyl groups is 2. The van der Waals surface area contributed by atoms with E-state index in [1.165, 1.54) is 0 Å². The lowest BCUT2D eigenvalue weighted by molar-refractivity contribution is 0.00817. The molecular formula is C17H27NO2. The van der Waals surface area contributed by atoms with Gasteiger partial charge in [0.05, 0.1) is 12.7 Å². The minimum absolute atomic E-state index is 0.207. The van der Waals surface area contributed by atoms with Crippen molar-refractivity contribution < 1.29 is 10.2 Å². The highest BCUT2D eigenvalue weighted by atomic mass is 16.3. The van der Waals surface area contributed by atoms with E-state index in [0.29, 0.717) is 5.92 Å². The summed E-state index contributed by atoms with van der Waals surface area (Å²) in [5.74, 6) is 0.532. The van der Waals surface area contributed by atoms with E-state index in [-0.39, 0.29) is 18.1 Å². The van der Waals surface area contributed by atoms with Gasteiger partial charge in [-0.2, -0.15) is 0 Å². The second kappa shape index (κ2) is 6.25. The van der Waals surface area contributed by atoms with Gasteiger partial charge >= 0.3 is 0 Å². The Morgan fingerprint density at radius 2 is 1.95 bits per heavy atom. The van der Waals surface area contributed by atoms with Gasteiger partial charge in [0.1, 0.15) is 0 Å². The maximum Gasteiger partial charge on any atom is 0.0853 e. The molecule has 2 rings (SSSR count). The van der Waals surface area contributed by atoms with Crippen molar-refractivity contribution in [2.24, 2.45) is 11.3 Å². The van der Waals surface area contributed by atoms with Crippen molar-refractivity contribution in [2.45, 2.75) is 39.3 Å². The van der Waals surface area contributed by atoms with E-state index in [0.717, 1.165) is 25.1 Å². The van der Waals surface area contributed by atoms with Crippen LogP contribution in [-0.4, -0.2) is 40.9 Å². The zero-order chi connectivity index (χ0) is 14.8. The first-order valence-corrected chi connectivity index (χ1v) is 7.53. The Balaban J connectivity index is 2.07. The lowest BCUT2D eigenvalue weighted by Gasteiger charge is -2.37. The first kappa shape index (κ1) is 15.5. The first-order valence-electron chi connectivity index (χ1n) is 7.53. The quantitative estimate of drug-likeness (QED) is 0.869. The Labute approximate surface area is 122 Å². The van der Waals surface area contributed by atoms with Crippen LogP contribution >= 0.6 is 0 Å². The van der Waals surface area contributed by atoms with E-state index in [4.69, 9.17) is 0 Å². The number of aliphatic hydroxyl groups excluding tert-OH is 2. The Hall–Kier alpha value is -0.900. The van der Waals surface area contributed by atoms with Crippen LogP contribution in [0.25, 0.3) is 0 Å². The van der Waals surface area contributed by atoms with Gasteiger partial charge in [-0.15, -0.1) is 0 Å². The summed E-state index contributed by atoms with van der Waals surface area (Å²) in [4.78, 5) is 2.33. The smallest absolute Gasteiger partial charge is 0.0853 e. The molecule has 112 valence electrons. The fourth-order valence-electron chi connectivity index (χ4n) is 3.28. The molecule has 1 fully saturated rings. The summed E-state index contributed by atoms with van der Waals surface area (Å²) in [7, 11) is 0. The summed E-state index contributed by atoms with van der Waals surface area (Å²) in [5, 5.41) is 20.2. The van der Waals surface area contributed by atoms with Crippen LogP contribution in [0, 0.1) is 11.3 Å². The van der Waals surface area contributed by atoms with Crippen LogP contribution in [0.5, 0.6) is 0 Å². The van der Waals surface area contributed by atoms with Crippen molar-refractivity contribution in [2.75, 3.05) is 19.7 Å². The molecule has 0 radical (unpaired) electrons. The Morgan fingerprint density at radius 3 is 2.55 bits per heavy atom. The lowest BCUT2D eigenvalue weighted by Crippen LogP contribution is -2.43. The third kappa shape index (κ3) is 3.22. The van der Waals surface area contributed by atoms with E-state index in [1.54, 1.807) is 0 Å². The summed E-state index contributed by atoms with van der Waals surface area (Å²) in [6, 6.07) is 10.1. The second-order valence-electron chi connectivity index (χ2n) is 6.79. The van der Waals surface area contributed by atoms with Crippen LogP contribution in [0.4, 0.5) is 0 Å². The number of hydrogen-bond acceptors (Lipinski definition) is 3. The SMILES string of the molecule is CC1CCN(CC(C)(C)C(O)c2ccccc2)C1CO. The van der Waals surface area contributed by atoms with Crippen LogP contribution in [0.15, 0.2) is 30.3 Å². The molecule has 3 heteroatoms. The zero-order valence-electron chi connectivity index (χ0n) is 12.8. The third-order valence-corrected chi connectivity index (χ3v) is 4.65. The number of likely N-dealkylation sites (tertiary alicyclic amines) is 1. The van der Waals surface area contributed by atoms with Crippen molar-refractivity contribution >= 4 is 0 Å². The number of benzene rings is 1. The van der Waals surface area contributed by atoms with E-state index < -0.39 is 6.10 Å². The van der Waals surface area contributed by atoms with Gasteiger partial charge in [0, 0.05) is 18.0 Å². The second-order valence-corrected chi connectivity index (χ2v) is 6.79. The highest BCUT2D eigenvalue weighted by Gasteiger charge is 2.37. The molecule has 1 saturated heterocycles. The van der Waals surface area contributed by atoms with Crippen LogP contribution in [-0.2, 0) is 0 Å². The molecule has 0 spiro atoms. The van der Waals surface area contributed by atoms with Crippen molar-refractivity contribution in [3.63, 3.8) is 0 Å². The molecule has 0 aliphatic carbocycles. The predicted molar refractivity (Wildman–Crippen MR) is 81.4 cm³/mol. The summed E-state index contributed by atoms with van der Waals surface area (Å²) in [6.07, 6.45) is 0.641. The maximum absolute atomic E-state index is 10.6. The standard InChI is InChI=1S/C17H27NO2/c1-13-9-10-18(15(13)11-19)12-17(2,3)16(20)14-7-5-4-6-8-14/h4-8,13,15-16,19-20H,9-12H2,1-3H3. The van der Waals surface area contributed by atoms with Crippen LogP contribution < -0.4 is 0 Å². The number of rotatable bonds is 5.